The van der Waals surface area contributed by atoms with E-state index in [9.17, 15) is 0 Å². The van der Waals surface area contributed by atoms with Crippen molar-refractivity contribution in [3.05, 3.63) is 35.9 Å². The Morgan fingerprint density at radius 1 is 1.00 bits per heavy atom. The lowest BCUT2D eigenvalue weighted by Crippen LogP contribution is -2.45. The summed E-state index contributed by atoms with van der Waals surface area (Å²) in [4.78, 5) is 10.7. The molecule has 1 atom stereocenters. The van der Waals surface area contributed by atoms with Crippen LogP contribution in [0, 0.1) is 0 Å². The highest BCUT2D eigenvalue weighted by Gasteiger charge is 2.40. The summed E-state index contributed by atoms with van der Waals surface area (Å²) >= 11 is 0. The van der Waals surface area contributed by atoms with Crippen LogP contribution in [-0.2, 0) is 20.3 Å². The van der Waals surface area contributed by atoms with Gasteiger partial charge >= 0.3 is 0 Å². The molecular formula is C12H16O3. The lowest BCUT2D eigenvalue weighted by atomic mass is 10.1. The Bertz CT molecular complexity index is 322. The Kier molecular flexibility index (Phi) is 2.54. The monoisotopic (exact) mass is 208 g/mol. The third kappa shape index (κ3) is 2.20. The van der Waals surface area contributed by atoms with Gasteiger partial charge in [-0.15, -0.1) is 0 Å². The van der Waals surface area contributed by atoms with E-state index in [0.717, 1.165) is 5.56 Å². The highest BCUT2D eigenvalue weighted by Crippen LogP contribution is 2.34. The van der Waals surface area contributed by atoms with Crippen LogP contribution in [0.25, 0.3) is 0 Å². The van der Waals surface area contributed by atoms with Gasteiger partial charge in [-0.05, 0) is 20.8 Å². The molecule has 0 aliphatic carbocycles. The van der Waals surface area contributed by atoms with Crippen LogP contribution in [0.15, 0.2) is 30.3 Å². The van der Waals surface area contributed by atoms with Gasteiger partial charge in [-0.2, -0.15) is 4.89 Å². The second-order valence-electron chi connectivity index (χ2n) is 4.53. The van der Waals surface area contributed by atoms with E-state index in [1.165, 1.54) is 0 Å². The van der Waals surface area contributed by atoms with Gasteiger partial charge in [-0.1, -0.05) is 30.3 Å². The second-order valence-corrected chi connectivity index (χ2v) is 4.53. The third-order valence-electron chi connectivity index (χ3n) is 2.42. The molecule has 1 aromatic carbocycles. The van der Waals surface area contributed by atoms with Gasteiger partial charge in [0.1, 0.15) is 5.60 Å². The van der Waals surface area contributed by atoms with Gasteiger partial charge in [-0.25, -0.2) is 4.89 Å². The predicted molar refractivity (Wildman–Crippen MR) is 56.0 cm³/mol. The van der Waals surface area contributed by atoms with E-state index in [1.54, 1.807) is 0 Å². The van der Waals surface area contributed by atoms with Gasteiger partial charge in [0, 0.05) is 5.56 Å². The minimum Gasteiger partial charge on any atom is -0.341 e. The van der Waals surface area contributed by atoms with E-state index >= 15 is 0 Å². The first-order valence-corrected chi connectivity index (χ1v) is 5.08. The van der Waals surface area contributed by atoms with Crippen LogP contribution in [0.3, 0.4) is 0 Å². The van der Waals surface area contributed by atoms with Crippen LogP contribution in [0.5, 0.6) is 0 Å². The van der Waals surface area contributed by atoms with Gasteiger partial charge in [0.2, 0.25) is 5.79 Å². The minimum atomic E-state index is -0.795. The summed E-state index contributed by atoms with van der Waals surface area (Å²) in [5.41, 5.74) is 0.578. The SMILES string of the molecule is CC1(C)COC(C)(c2ccccc2)OO1. The van der Waals surface area contributed by atoms with E-state index < -0.39 is 5.79 Å². The first-order valence-electron chi connectivity index (χ1n) is 5.08. The fraction of sp³-hybridized carbons (Fsp3) is 0.500. The van der Waals surface area contributed by atoms with Gasteiger partial charge in [0.25, 0.3) is 0 Å². The predicted octanol–water partition coefficient (Wildman–Crippen LogP) is 2.62. The Hall–Kier alpha value is -0.900. The van der Waals surface area contributed by atoms with Crippen LogP contribution in [0.2, 0.25) is 0 Å². The minimum absolute atomic E-state index is 0.381. The Balaban J connectivity index is 2.17. The van der Waals surface area contributed by atoms with Crippen molar-refractivity contribution in [3.8, 4) is 0 Å². The fourth-order valence-electron chi connectivity index (χ4n) is 1.42. The molecule has 0 saturated carbocycles. The summed E-state index contributed by atoms with van der Waals surface area (Å²) in [6, 6.07) is 9.78. The second kappa shape index (κ2) is 3.59. The largest absolute Gasteiger partial charge is 0.341 e. The number of benzene rings is 1. The zero-order chi connectivity index (χ0) is 10.9. The standard InChI is InChI=1S/C12H16O3/c1-11(2)9-13-12(3,15-14-11)10-7-5-4-6-8-10/h4-8H,9H2,1-3H3. The maximum atomic E-state index is 5.72. The molecule has 1 saturated heterocycles. The molecular weight excluding hydrogens is 192 g/mol. The fourth-order valence-corrected chi connectivity index (χ4v) is 1.42. The Labute approximate surface area is 89.9 Å². The molecule has 1 aromatic rings. The van der Waals surface area contributed by atoms with Crippen molar-refractivity contribution in [1.29, 1.82) is 0 Å². The molecule has 0 aromatic heterocycles. The van der Waals surface area contributed by atoms with Crippen LogP contribution >= 0.6 is 0 Å². The normalized spacial score (nSPS) is 30.1. The van der Waals surface area contributed by atoms with Gasteiger partial charge < -0.3 is 4.74 Å². The maximum Gasteiger partial charge on any atom is 0.225 e. The van der Waals surface area contributed by atoms with Crippen molar-refractivity contribution in [2.24, 2.45) is 0 Å². The average Bonchev–Trinajstić information content (AvgIpc) is 2.24. The van der Waals surface area contributed by atoms with Crippen LogP contribution in [-0.4, -0.2) is 12.2 Å². The molecule has 0 spiro atoms. The average molecular weight is 208 g/mol. The summed E-state index contributed by atoms with van der Waals surface area (Å²) in [5.74, 6) is -0.795. The molecule has 0 N–H and O–H groups in total. The van der Waals surface area contributed by atoms with E-state index in [2.05, 4.69) is 0 Å². The molecule has 1 unspecified atom stereocenters. The first kappa shape index (κ1) is 10.6. The van der Waals surface area contributed by atoms with Gasteiger partial charge in [0.15, 0.2) is 0 Å². The molecule has 0 radical (unpaired) electrons. The van der Waals surface area contributed by atoms with Crippen molar-refractivity contribution >= 4 is 0 Å². The highest BCUT2D eigenvalue weighted by atomic mass is 17.2. The van der Waals surface area contributed by atoms with Crippen LogP contribution in [0.4, 0.5) is 0 Å². The topological polar surface area (TPSA) is 27.7 Å². The zero-order valence-corrected chi connectivity index (χ0v) is 9.32. The summed E-state index contributed by atoms with van der Waals surface area (Å²) in [6.45, 7) is 6.23. The summed E-state index contributed by atoms with van der Waals surface area (Å²) in [7, 11) is 0. The maximum absolute atomic E-state index is 5.72. The molecule has 3 nitrogen and oxygen atoms in total. The molecule has 3 heteroatoms. The molecule has 1 aliphatic rings. The van der Waals surface area contributed by atoms with Gasteiger partial charge in [-0.3, -0.25) is 0 Å². The van der Waals surface area contributed by atoms with E-state index in [1.807, 2.05) is 51.1 Å². The van der Waals surface area contributed by atoms with Crippen molar-refractivity contribution in [2.75, 3.05) is 6.61 Å². The zero-order valence-electron chi connectivity index (χ0n) is 9.32. The molecule has 15 heavy (non-hydrogen) atoms. The Morgan fingerprint density at radius 3 is 2.20 bits per heavy atom. The quantitative estimate of drug-likeness (QED) is 0.664. The highest BCUT2D eigenvalue weighted by molar-refractivity contribution is 5.19. The summed E-state index contributed by atoms with van der Waals surface area (Å²) in [6.07, 6.45) is 0. The van der Waals surface area contributed by atoms with E-state index in [0.29, 0.717) is 6.61 Å². The Morgan fingerprint density at radius 2 is 1.67 bits per heavy atom. The number of rotatable bonds is 1. The van der Waals surface area contributed by atoms with Crippen LogP contribution in [0.1, 0.15) is 26.3 Å². The molecule has 1 heterocycles. The molecule has 1 aliphatic heterocycles. The molecule has 0 bridgehead atoms. The smallest absolute Gasteiger partial charge is 0.225 e. The van der Waals surface area contributed by atoms with Gasteiger partial charge in [0.05, 0.1) is 6.61 Å². The molecule has 0 amide bonds. The number of ether oxygens (including phenoxy) is 1. The van der Waals surface area contributed by atoms with Crippen molar-refractivity contribution in [2.45, 2.75) is 32.2 Å². The summed E-state index contributed by atoms with van der Waals surface area (Å²) < 4.78 is 5.72. The van der Waals surface area contributed by atoms with E-state index in [4.69, 9.17) is 14.5 Å². The first-order chi connectivity index (χ1) is 7.02. The van der Waals surface area contributed by atoms with Crippen molar-refractivity contribution in [3.63, 3.8) is 0 Å². The summed E-state index contributed by atoms with van der Waals surface area (Å²) in [5, 5.41) is 0. The number of hydrogen-bond donors (Lipinski definition) is 0. The lowest BCUT2D eigenvalue weighted by molar-refractivity contribution is -0.509. The van der Waals surface area contributed by atoms with Crippen molar-refractivity contribution in [1.82, 2.24) is 0 Å². The molecule has 1 fully saturated rings. The van der Waals surface area contributed by atoms with Crippen molar-refractivity contribution < 1.29 is 14.5 Å². The van der Waals surface area contributed by atoms with Crippen LogP contribution < -0.4 is 0 Å². The molecule has 82 valence electrons. The molecule has 2 rings (SSSR count). The number of hydrogen-bond acceptors (Lipinski definition) is 3. The third-order valence-corrected chi connectivity index (χ3v) is 2.42. The lowest BCUT2D eigenvalue weighted by Gasteiger charge is -2.39. The van der Waals surface area contributed by atoms with E-state index in [-0.39, 0.29) is 5.60 Å².